The van der Waals surface area contributed by atoms with E-state index in [9.17, 15) is 9.59 Å². The number of ketones is 2. The van der Waals surface area contributed by atoms with E-state index in [-0.39, 0.29) is 23.5 Å². The molecule has 2 atom stereocenters. The molecule has 0 radical (unpaired) electrons. The summed E-state index contributed by atoms with van der Waals surface area (Å²) in [5.41, 5.74) is 19.4. The molecule has 2 unspecified atom stereocenters. The van der Waals surface area contributed by atoms with E-state index in [1.54, 1.807) is 0 Å². The summed E-state index contributed by atoms with van der Waals surface area (Å²) in [6, 6.07) is 87.3. The van der Waals surface area contributed by atoms with Gasteiger partial charge in [0.15, 0.2) is 11.6 Å². The molecule has 11 aromatic carbocycles. The molecule has 6 nitrogen and oxygen atoms in total. The molecular formula is C74H46N4O2. The number of carbonyl (C=O) groups is 2. The van der Waals surface area contributed by atoms with Crippen LogP contribution in [0.4, 0.5) is 11.4 Å². The highest BCUT2D eigenvalue weighted by Gasteiger charge is 2.39. The number of benzene rings is 11. The second kappa shape index (κ2) is 17.0. The Kier molecular flexibility index (Phi) is 9.45. The van der Waals surface area contributed by atoms with Gasteiger partial charge in [-0.05, 0) is 137 Å². The molecule has 14 aromatic rings. The molecule has 0 fully saturated rings. The Morgan fingerprint density at radius 1 is 0.312 bits per heavy atom. The standard InChI is InChI=1S/C74H46N4O2/c79-73-60-38-30-48(46-27-33-50(34-28-46)76-70-24-12-6-18-58(70)62-44-52(36-40-72(62)76)78-67-21-9-3-15-55(67)56-16-4-10-22-68(56)78)42-64(60)74(80)59-37-29-47(41-63(59)73)45-25-31-49(32-26-45)75-69-23-11-5-17-57(69)61-43-51(35-39-71(61)75)77-65-19-7-1-13-53(65)54-14-2-8-20-66(54)77/h1-44,61,71H. The molecule has 374 valence electrons. The number of hydrogen-bond acceptors (Lipinski definition) is 3. The van der Waals surface area contributed by atoms with Crippen LogP contribution in [0, 0.1) is 0 Å². The van der Waals surface area contributed by atoms with Gasteiger partial charge in [-0.15, -0.1) is 0 Å². The summed E-state index contributed by atoms with van der Waals surface area (Å²) in [5, 5.41) is 7.34. The van der Waals surface area contributed by atoms with Crippen molar-refractivity contribution in [3.05, 3.63) is 295 Å². The van der Waals surface area contributed by atoms with Gasteiger partial charge in [-0.3, -0.25) is 9.59 Å². The second-order valence-electron chi connectivity index (χ2n) is 21.5. The number of nitrogens with zero attached hydrogens (tertiary/aromatic N) is 4. The topological polar surface area (TPSA) is 52.2 Å². The maximum absolute atomic E-state index is 14.4. The van der Waals surface area contributed by atoms with Crippen molar-refractivity contribution in [1.29, 1.82) is 0 Å². The van der Waals surface area contributed by atoms with Crippen molar-refractivity contribution >= 4 is 94.1 Å². The van der Waals surface area contributed by atoms with E-state index in [0.29, 0.717) is 22.3 Å². The van der Waals surface area contributed by atoms with Gasteiger partial charge in [-0.1, -0.05) is 158 Å². The molecule has 6 heteroatoms. The SMILES string of the molecule is O=C1c2ccc(-c3ccc(-n4c5ccccc5c5cc(-n6c7ccccc7c7ccccc76)ccc54)cc3)cc2C(=O)c2ccc(-c3ccc(N4c5ccccc5C5C=C(n6c7ccccc7c7ccccc76)C=CC54)cc3)cc21. The van der Waals surface area contributed by atoms with E-state index in [1.807, 2.05) is 36.4 Å². The van der Waals surface area contributed by atoms with Gasteiger partial charge in [-0.2, -0.15) is 0 Å². The van der Waals surface area contributed by atoms with Crippen LogP contribution in [0.15, 0.2) is 267 Å². The van der Waals surface area contributed by atoms with Gasteiger partial charge in [0.25, 0.3) is 0 Å². The van der Waals surface area contributed by atoms with E-state index in [4.69, 9.17) is 0 Å². The Hall–Kier alpha value is -10.6. The van der Waals surface area contributed by atoms with Crippen LogP contribution in [-0.4, -0.2) is 31.3 Å². The van der Waals surface area contributed by atoms with Crippen molar-refractivity contribution in [2.24, 2.45) is 0 Å². The Balaban J connectivity index is 0.647. The quantitative estimate of drug-likeness (QED) is 0.167. The predicted molar refractivity (Wildman–Crippen MR) is 327 cm³/mol. The van der Waals surface area contributed by atoms with Gasteiger partial charge in [-0.25, -0.2) is 0 Å². The predicted octanol–water partition coefficient (Wildman–Crippen LogP) is 17.8. The fourth-order valence-corrected chi connectivity index (χ4v) is 13.7. The Bertz CT molecular complexity index is 4960. The fourth-order valence-electron chi connectivity index (χ4n) is 13.7. The van der Waals surface area contributed by atoms with Crippen LogP contribution < -0.4 is 4.90 Å². The van der Waals surface area contributed by atoms with E-state index >= 15 is 0 Å². The largest absolute Gasteiger partial charge is 0.333 e. The lowest BCUT2D eigenvalue weighted by Crippen LogP contribution is -2.29. The van der Waals surface area contributed by atoms with Crippen molar-refractivity contribution in [3.63, 3.8) is 0 Å². The smallest absolute Gasteiger partial charge is 0.194 e. The minimum Gasteiger partial charge on any atom is -0.333 e. The van der Waals surface area contributed by atoms with Crippen LogP contribution in [0.3, 0.4) is 0 Å². The van der Waals surface area contributed by atoms with Crippen molar-refractivity contribution in [2.75, 3.05) is 4.90 Å². The van der Waals surface area contributed by atoms with E-state index in [0.717, 1.165) is 50.3 Å². The van der Waals surface area contributed by atoms with Gasteiger partial charge in [0.05, 0.1) is 39.1 Å². The van der Waals surface area contributed by atoms with Gasteiger partial charge in [0, 0.05) is 88.9 Å². The van der Waals surface area contributed by atoms with Crippen LogP contribution in [0.25, 0.3) is 105 Å². The lowest BCUT2D eigenvalue weighted by Gasteiger charge is -2.30. The zero-order valence-corrected chi connectivity index (χ0v) is 43.2. The molecule has 0 saturated heterocycles. The first-order valence-electron chi connectivity index (χ1n) is 27.4. The summed E-state index contributed by atoms with van der Waals surface area (Å²) < 4.78 is 7.10. The Labute approximate surface area is 460 Å². The molecule has 0 amide bonds. The normalized spacial score (nSPS) is 15.6. The number of fused-ring (bicyclic) bond motifs is 14. The Morgan fingerprint density at radius 3 is 1.26 bits per heavy atom. The van der Waals surface area contributed by atoms with Crippen LogP contribution >= 0.6 is 0 Å². The molecule has 3 aromatic heterocycles. The summed E-state index contributed by atoms with van der Waals surface area (Å²) in [4.78, 5) is 31.3. The summed E-state index contributed by atoms with van der Waals surface area (Å²) in [5.74, 6) is -0.125. The molecule has 17 rings (SSSR count). The van der Waals surface area contributed by atoms with Crippen molar-refractivity contribution in [2.45, 2.75) is 12.0 Å². The fraction of sp³-hybridized carbons (Fsp3) is 0.0270. The number of rotatable bonds is 6. The van der Waals surface area contributed by atoms with E-state index < -0.39 is 0 Å². The zero-order valence-electron chi connectivity index (χ0n) is 43.2. The monoisotopic (exact) mass is 1020 g/mol. The molecule has 0 spiro atoms. The highest BCUT2D eigenvalue weighted by atomic mass is 16.1. The Morgan fingerprint density at radius 2 is 0.725 bits per heavy atom. The molecular weight excluding hydrogens is 977 g/mol. The molecule has 2 aliphatic carbocycles. The molecule has 0 bridgehead atoms. The third-order valence-corrected chi connectivity index (χ3v) is 17.3. The molecule has 1 aliphatic heterocycles. The van der Waals surface area contributed by atoms with E-state index in [1.165, 1.54) is 71.3 Å². The lowest BCUT2D eigenvalue weighted by atomic mass is 9.81. The van der Waals surface area contributed by atoms with Crippen LogP contribution in [-0.2, 0) is 0 Å². The van der Waals surface area contributed by atoms with Gasteiger partial charge in [0.1, 0.15) is 0 Å². The van der Waals surface area contributed by atoms with Gasteiger partial charge >= 0.3 is 0 Å². The third kappa shape index (κ3) is 6.41. The number of para-hydroxylation sites is 6. The number of allylic oxidation sites excluding steroid dienone is 2. The van der Waals surface area contributed by atoms with Gasteiger partial charge in [0.2, 0.25) is 0 Å². The third-order valence-electron chi connectivity index (χ3n) is 17.3. The zero-order chi connectivity index (χ0) is 52.7. The maximum atomic E-state index is 14.4. The lowest BCUT2D eigenvalue weighted by molar-refractivity contribution is 0.0979. The molecule has 4 heterocycles. The highest BCUT2D eigenvalue weighted by Crippen LogP contribution is 2.50. The second-order valence-corrected chi connectivity index (χ2v) is 21.5. The first-order valence-corrected chi connectivity index (χ1v) is 27.4. The summed E-state index contributed by atoms with van der Waals surface area (Å²) in [6.07, 6.45) is 7.08. The maximum Gasteiger partial charge on any atom is 0.194 e. The van der Waals surface area contributed by atoms with Gasteiger partial charge < -0.3 is 18.6 Å². The average molecular weight is 1020 g/mol. The number of carbonyl (C=O) groups excluding carboxylic acids is 2. The summed E-state index contributed by atoms with van der Waals surface area (Å²) in [7, 11) is 0. The summed E-state index contributed by atoms with van der Waals surface area (Å²) >= 11 is 0. The van der Waals surface area contributed by atoms with E-state index in [2.05, 4.69) is 249 Å². The van der Waals surface area contributed by atoms with Crippen LogP contribution in [0.1, 0.15) is 43.3 Å². The number of hydrogen-bond donors (Lipinski definition) is 0. The summed E-state index contributed by atoms with van der Waals surface area (Å²) in [6.45, 7) is 0. The highest BCUT2D eigenvalue weighted by molar-refractivity contribution is 6.29. The molecule has 3 aliphatic rings. The number of aromatic nitrogens is 3. The van der Waals surface area contributed by atoms with Crippen molar-refractivity contribution in [3.8, 4) is 33.6 Å². The molecule has 0 N–H and O–H groups in total. The van der Waals surface area contributed by atoms with Crippen molar-refractivity contribution in [1.82, 2.24) is 13.7 Å². The molecule has 0 saturated carbocycles. The first kappa shape index (κ1) is 44.6. The van der Waals surface area contributed by atoms with Crippen molar-refractivity contribution < 1.29 is 9.59 Å². The average Bonchev–Trinajstić information content (AvgIpc) is 4.34. The first-order chi connectivity index (χ1) is 39.5. The minimum atomic E-state index is -0.140. The number of anilines is 2. The minimum absolute atomic E-state index is 0.1000. The van der Waals surface area contributed by atoms with Crippen LogP contribution in [0.5, 0.6) is 0 Å². The molecule has 80 heavy (non-hydrogen) atoms. The van der Waals surface area contributed by atoms with Crippen LogP contribution in [0.2, 0.25) is 0 Å².